The van der Waals surface area contributed by atoms with E-state index in [2.05, 4.69) is 6.58 Å². The maximum atomic E-state index is 5.27. The molecule has 2 heteroatoms. The van der Waals surface area contributed by atoms with Gasteiger partial charge < -0.3 is 4.74 Å². The molecule has 1 nitrogen and oxygen atoms in total. The lowest BCUT2D eigenvalue weighted by atomic mass is 10.2. The van der Waals surface area contributed by atoms with E-state index in [1.807, 2.05) is 24.5 Å². The van der Waals surface area contributed by atoms with Crippen molar-refractivity contribution < 1.29 is 4.74 Å². The van der Waals surface area contributed by atoms with Crippen LogP contribution in [0.5, 0.6) is 5.75 Å². The Hall–Kier alpha value is -0.890. The Bertz CT molecular complexity index is 281. The quantitative estimate of drug-likeness (QED) is 0.661. The first kappa shape index (κ1) is 9.20. The second-order valence-electron chi connectivity index (χ2n) is 2.29. The monoisotopic (exact) mass is 180 g/mol. The van der Waals surface area contributed by atoms with Crippen molar-refractivity contribution in [3.8, 4) is 5.75 Å². The van der Waals surface area contributed by atoms with E-state index in [-0.39, 0.29) is 0 Å². The first-order chi connectivity index (χ1) is 5.83. The molecule has 0 heterocycles. The summed E-state index contributed by atoms with van der Waals surface area (Å²) in [7, 11) is 1.68. The minimum absolute atomic E-state index is 0.917. The number of ether oxygens (including phenoxy) is 1. The normalized spacial score (nSPS) is 9.50. The summed E-state index contributed by atoms with van der Waals surface area (Å²) in [4.78, 5) is 1.15. The van der Waals surface area contributed by atoms with E-state index >= 15 is 0 Å². The Morgan fingerprint density at radius 2 is 2.25 bits per heavy atom. The molecule has 64 valence electrons. The number of hydrogen-bond acceptors (Lipinski definition) is 2. The second kappa shape index (κ2) is 4.21. The van der Waals surface area contributed by atoms with Crippen molar-refractivity contribution in [3.63, 3.8) is 0 Å². The smallest absolute Gasteiger partial charge is 0.139 e. The SMILES string of the molecule is C=Cc1cccc(SC)c1OC. The first-order valence-electron chi connectivity index (χ1n) is 3.67. The fraction of sp³-hybridized carbons (Fsp3) is 0.200. The Morgan fingerprint density at radius 1 is 1.50 bits per heavy atom. The van der Waals surface area contributed by atoms with Gasteiger partial charge in [-0.15, -0.1) is 11.8 Å². The van der Waals surface area contributed by atoms with Crippen molar-refractivity contribution in [2.45, 2.75) is 4.90 Å². The molecule has 0 spiro atoms. The molecule has 1 rings (SSSR count). The average molecular weight is 180 g/mol. The van der Waals surface area contributed by atoms with Crippen LogP contribution in [0.2, 0.25) is 0 Å². The second-order valence-corrected chi connectivity index (χ2v) is 3.13. The van der Waals surface area contributed by atoms with Gasteiger partial charge in [0.05, 0.1) is 7.11 Å². The van der Waals surface area contributed by atoms with Gasteiger partial charge in [0.2, 0.25) is 0 Å². The summed E-state index contributed by atoms with van der Waals surface area (Å²) in [5.74, 6) is 0.917. The van der Waals surface area contributed by atoms with Crippen LogP contribution in [0.4, 0.5) is 0 Å². The molecule has 0 aromatic heterocycles. The van der Waals surface area contributed by atoms with Gasteiger partial charge in [-0.2, -0.15) is 0 Å². The molecule has 0 aliphatic carbocycles. The lowest BCUT2D eigenvalue weighted by Crippen LogP contribution is -1.88. The van der Waals surface area contributed by atoms with E-state index in [9.17, 15) is 0 Å². The molecule has 0 fully saturated rings. The van der Waals surface area contributed by atoms with Gasteiger partial charge in [0.1, 0.15) is 5.75 Å². The maximum absolute atomic E-state index is 5.27. The number of benzene rings is 1. The van der Waals surface area contributed by atoms with Crippen LogP contribution in [-0.4, -0.2) is 13.4 Å². The molecule has 0 saturated heterocycles. The van der Waals surface area contributed by atoms with Gasteiger partial charge in [-0.1, -0.05) is 24.8 Å². The summed E-state index contributed by atoms with van der Waals surface area (Å²) in [5, 5.41) is 0. The Labute approximate surface area is 77.4 Å². The maximum Gasteiger partial charge on any atom is 0.139 e. The van der Waals surface area contributed by atoms with E-state index in [1.165, 1.54) is 0 Å². The summed E-state index contributed by atoms with van der Waals surface area (Å²) < 4.78 is 5.27. The van der Waals surface area contributed by atoms with Crippen LogP contribution in [0.15, 0.2) is 29.7 Å². The zero-order valence-electron chi connectivity index (χ0n) is 7.33. The molecule has 0 bridgehead atoms. The van der Waals surface area contributed by atoms with Crippen LogP contribution >= 0.6 is 11.8 Å². The van der Waals surface area contributed by atoms with E-state index in [0.29, 0.717) is 0 Å². The highest BCUT2D eigenvalue weighted by Gasteiger charge is 2.03. The van der Waals surface area contributed by atoms with Gasteiger partial charge in [0, 0.05) is 10.5 Å². The van der Waals surface area contributed by atoms with Crippen LogP contribution in [-0.2, 0) is 0 Å². The minimum Gasteiger partial charge on any atom is -0.495 e. The lowest BCUT2D eigenvalue weighted by molar-refractivity contribution is 0.404. The minimum atomic E-state index is 0.917. The fourth-order valence-corrected chi connectivity index (χ4v) is 1.67. The third-order valence-electron chi connectivity index (χ3n) is 1.65. The van der Waals surface area contributed by atoms with Crippen molar-refractivity contribution in [3.05, 3.63) is 30.3 Å². The third kappa shape index (κ3) is 1.64. The van der Waals surface area contributed by atoms with Crippen LogP contribution < -0.4 is 4.74 Å². The number of hydrogen-bond donors (Lipinski definition) is 0. The molecule has 1 aromatic rings. The average Bonchev–Trinajstić information content (AvgIpc) is 2.16. The largest absolute Gasteiger partial charge is 0.495 e. The van der Waals surface area contributed by atoms with Crippen molar-refractivity contribution in [1.82, 2.24) is 0 Å². The van der Waals surface area contributed by atoms with Crippen molar-refractivity contribution in [1.29, 1.82) is 0 Å². The molecule has 0 saturated carbocycles. The summed E-state index contributed by atoms with van der Waals surface area (Å²) in [6.07, 6.45) is 3.84. The van der Waals surface area contributed by atoms with Gasteiger partial charge in [0.15, 0.2) is 0 Å². The molecule has 0 radical (unpaired) electrons. The standard InChI is InChI=1S/C10H12OS/c1-4-8-6-5-7-9(12-3)10(8)11-2/h4-7H,1H2,2-3H3. The van der Waals surface area contributed by atoms with Crippen molar-refractivity contribution >= 4 is 17.8 Å². The van der Waals surface area contributed by atoms with E-state index in [0.717, 1.165) is 16.2 Å². The van der Waals surface area contributed by atoms with Gasteiger partial charge >= 0.3 is 0 Å². The third-order valence-corrected chi connectivity index (χ3v) is 2.41. The van der Waals surface area contributed by atoms with Gasteiger partial charge in [-0.05, 0) is 12.3 Å². The lowest BCUT2D eigenvalue weighted by Gasteiger charge is -2.08. The fourth-order valence-electron chi connectivity index (χ4n) is 1.07. The predicted molar refractivity (Wildman–Crippen MR) is 54.9 cm³/mol. The zero-order chi connectivity index (χ0) is 8.97. The van der Waals surface area contributed by atoms with Crippen molar-refractivity contribution in [2.75, 3.05) is 13.4 Å². The van der Waals surface area contributed by atoms with Crippen molar-refractivity contribution in [2.24, 2.45) is 0 Å². The Balaban J connectivity index is 3.21. The molecular weight excluding hydrogens is 168 g/mol. The van der Waals surface area contributed by atoms with E-state index < -0.39 is 0 Å². The summed E-state index contributed by atoms with van der Waals surface area (Å²) in [6, 6.07) is 6.04. The summed E-state index contributed by atoms with van der Waals surface area (Å²) in [6.45, 7) is 3.73. The molecule has 0 N–H and O–H groups in total. The Kier molecular flexibility index (Phi) is 3.23. The highest BCUT2D eigenvalue weighted by molar-refractivity contribution is 7.98. The van der Waals surface area contributed by atoms with Crippen LogP contribution in [0, 0.1) is 0 Å². The van der Waals surface area contributed by atoms with Crippen LogP contribution in [0.25, 0.3) is 6.08 Å². The molecule has 12 heavy (non-hydrogen) atoms. The topological polar surface area (TPSA) is 9.23 Å². The molecule has 0 unspecified atom stereocenters. The van der Waals surface area contributed by atoms with Crippen LogP contribution in [0.3, 0.4) is 0 Å². The summed E-state index contributed by atoms with van der Waals surface area (Å²) in [5.41, 5.74) is 1.05. The molecule has 0 atom stereocenters. The zero-order valence-corrected chi connectivity index (χ0v) is 8.15. The summed E-state index contributed by atoms with van der Waals surface area (Å²) >= 11 is 1.68. The van der Waals surface area contributed by atoms with E-state index in [4.69, 9.17) is 4.74 Å². The molecule has 0 amide bonds. The molecule has 1 aromatic carbocycles. The number of para-hydroxylation sites is 1. The number of thioether (sulfide) groups is 1. The highest BCUT2D eigenvalue weighted by atomic mass is 32.2. The first-order valence-corrected chi connectivity index (χ1v) is 4.89. The van der Waals surface area contributed by atoms with E-state index in [1.54, 1.807) is 24.9 Å². The van der Waals surface area contributed by atoms with Gasteiger partial charge in [-0.3, -0.25) is 0 Å². The molecule has 0 aliphatic rings. The van der Waals surface area contributed by atoms with Gasteiger partial charge in [-0.25, -0.2) is 0 Å². The number of methoxy groups -OCH3 is 1. The Morgan fingerprint density at radius 3 is 2.75 bits per heavy atom. The van der Waals surface area contributed by atoms with Gasteiger partial charge in [0.25, 0.3) is 0 Å². The number of rotatable bonds is 3. The predicted octanol–water partition coefficient (Wildman–Crippen LogP) is 3.06. The highest BCUT2D eigenvalue weighted by Crippen LogP contribution is 2.31. The van der Waals surface area contributed by atoms with Crippen LogP contribution in [0.1, 0.15) is 5.56 Å². The molecule has 0 aliphatic heterocycles. The molecular formula is C10H12OS.